The molecular formula is C12H20N4O. The number of H-pyrrole nitrogens is 1. The quantitative estimate of drug-likeness (QED) is 0.808. The lowest BCUT2D eigenvalue weighted by Gasteiger charge is -2.32. The van der Waals surface area contributed by atoms with E-state index in [1.54, 1.807) is 12.4 Å². The van der Waals surface area contributed by atoms with Gasteiger partial charge in [0, 0.05) is 25.0 Å². The maximum atomic E-state index is 11.8. The first-order valence-corrected chi connectivity index (χ1v) is 6.28. The molecule has 0 amide bonds. The summed E-state index contributed by atoms with van der Waals surface area (Å²) in [7, 11) is 0. The Morgan fingerprint density at radius 3 is 3.06 bits per heavy atom. The van der Waals surface area contributed by atoms with Gasteiger partial charge in [-0.05, 0) is 32.2 Å². The number of nitrogens with two attached hydrogens (primary N) is 1. The second kappa shape index (κ2) is 5.31. The predicted octanol–water partition coefficient (Wildman–Crippen LogP) is 0.724. The van der Waals surface area contributed by atoms with E-state index < -0.39 is 0 Å². The van der Waals surface area contributed by atoms with Gasteiger partial charge in [0.25, 0.3) is 5.56 Å². The van der Waals surface area contributed by atoms with Crippen LogP contribution in [-0.2, 0) is 0 Å². The maximum Gasteiger partial charge on any atom is 0.290 e. The van der Waals surface area contributed by atoms with Crippen molar-refractivity contribution in [2.75, 3.05) is 18.0 Å². The standard InChI is InChI=1S/C12H20N4O/c1-2-16(10-5-3-4-9(10)8-13)11-12(17)15-7-6-14-11/h6-7,9-10H,2-5,8,13H2,1H3,(H,15,17). The van der Waals surface area contributed by atoms with E-state index in [4.69, 9.17) is 5.73 Å². The SMILES string of the molecule is CCN(c1ncc[nH]c1=O)C1CCCC1CN. The molecule has 1 aromatic heterocycles. The lowest BCUT2D eigenvalue weighted by Crippen LogP contribution is -2.43. The molecule has 3 N–H and O–H groups in total. The molecule has 1 aromatic rings. The summed E-state index contributed by atoms with van der Waals surface area (Å²) in [5, 5.41) is 0. The third-order valence-electron chi connectivity index (χ3n) is 3.62. The van der Waals surface area contributed by atoms with Crippen molar-refractivity contribution in [3.05, 3.63) is 22.7 Å². The van der Waals surface area contributed by atoms with E-state index in [-0.39, 0.29) is 5.56 Å². The first kappa shape index (κ1) is 12.1. The van der Waals surface area contributed by atoms with Gasteiger partial charge in [-0.2, -0.15) is 0 Å². The monoisotopic (exact) mass is 236 g/mol. The lowest BCUT2D eigenvalue weighted by molar-refractivity contribution is 0.458. The molecule has 2 rings (SSSR count). The van der Waals surface area contributed by atoms with E-state index in [1.807, 2.05) is 0 Å². The van der Waals surface area contributed by atoms with E-state index in [1.165, 1.54) is 6.42 Å². The van der Waals surface area contributed by atoms with Gasteiger partial charge in [0.05, 0.1) is 0 Å². The topological polar surface area (TPSA) is 75.0 Å². The maximum absolute atomic E-state index is 11.8. The normalized spacial score (nSPS) is 23.9. The van der Waals surface area contributed by atoms with Crippen LogP contribution in [0.4, 0.5) is 5.82 Å². The van der Waals surface area contributed by atoms with Gasteiger partial charge in [0.1, 0.15) is 0 Å². The third kappa shape index (κ3) is 2.34. The molecule has 94 valence electrons. The van der Waals surface area contributed by atoms with Gasteiger partial charge in [-0.15, -0.1) is 0 Å². The summed E-state index contributed by atoms with van der Waals surface area (Å²) >= 11 is 0. The number of hydrogen-bond donors (Lipinski definition) is 2. The number of anilines is 1. The summed E-state index contributed by atoms with van der Waals surface area (Å²) in [6.07, 6.45) is 6.64. The van der Waals surface area contributed by atoms with Crippen LogP contribution >= 0.6 is 0 Å². The number of aromatic amines is 1. The van der Waals surface area contributed by atoms with Crippen LogP contribution in [0.3, 0.4) is 0 Å². The third-order valence-corrected chi connectivity index (χ3v) is 3.62. The van der Waals surface area contributed by atoms with E-state index in [9.17, 15) is 4.79 Å². The summed E-state index contributed by atoms with van der Waals surface area (Å²) < 4.78 is 0. The van der Waals surface area contributed by atoms with Crippen molar-refractivity contribution in [3.8, 4) is 0 Å². The summed E-state index contributed by atoms with van der Waals surface area (Å²) in [6.45, 7) is 3.53. The Morgan fingerprint density at radius 2 is 2.41 bits per heavy atom. The molecule has 5 nitrogen and oxygen atoms in total. The first-order chi connectivity index (χ1) is 8.27. The van der Waals surface area contributed by atoms with Gasteiger partial charge in [-0.3, -0.25) is 4.79 Å². The van der Waals surface area contributed by atoms with Crippen molar-refractivity contribution in [2.45, 2.75) is 32.2 Å². The van der Waals surface area contributed by atoms with Gasteiger partial charge in [0.2, 0.25) is 0 Å². The van der Waals surface area contributed by atoms with Gasteiger partial charge in [0.15, 0.2) is 5.82 Å². The highest BCUT2D eigenvalue weighted by atomic mass is 16.1. The molecule has 17 heavy (non-hydrogen) atoms. The van der Waals surface area contributed by atoms with Crippen molar-refractivity contribution in [2.24, 2.45) is 11.7 Å². The molecule has 0 aliphatic heterocycles. The van der Waals surface area contributed by atoms with Gasteiger partial charge in [-0.1, -0.05) is 6.42 Å². The molecule has 2 atom stereocenters. The van der Waals surface area contributed by atoms with Crippen LogP contribution in [0.1, 0.15) is 26.2 Å². The summed E-state index contributed by atoms with van der Waals surface area (Å²) in [5.74, 6) is 1.01. The minimum absolute atomic E-state index is 0.114. The number of nitrogens with one attached hydrogen (secondary N) is 1. The second-order valence-electron chi connectivity index (χ2n) is 4.52. The first-order valence-electron chi connectivity index (χ1n) is 6.28. The summed E-state index contributed by atoms with van der Waals surface area (Å²) in [5.41, 5.74) is 5.69. The molecule has 0 bridgehead atoms. The molecule has 2 unspecified atom stereocenters. The Balaban J connectivity index is 2.27. The van der Waals surface area contributed by atoms with Gasteiger partial charge in [-0.25, -0.2) is 4.98 Å². The fraction of sp³-hybridized carbons (Fsp3) is 0.667. The Labute approximate surface area is 101 Å². The molecule has 1 aliphatic carbocycles. The molecule has 0 radical (unpaired) electrons. The van der Waals surface area contributed by atoms with Crippen molar-refractivity contribution >= 4 is 5.82 Å². The molecule has 1 saturated carbocycles. The molecule has 0 aromatic carbocycles. The van der Waals surface area contributed by atoms with Crippen LogP contribution in [0.2, 0.25) is 0 Å². The molecule has 1 heterocycles. The Morgan fingerprint density at radius 1 is 1.59 bits per heavy atom. The molecule has 0 saturated heterocycles. The fourth-order valence-electron chi connectivity index (χ4n) is 2.79. The summed E-state index contributed by atoms with van der Waals surface area (Å²) in [4.78, 5) is 20.8. The fourth-order valence-corrected chi connectivity index (χ4v) is 2.79. The predicted molar refractivity (Wildman–Crippen MR) is 68.1 cm³/mol. The van der Waals surface area contributed by atoms with Crippen LogP contribution in [-0.4, -0.2) is 29.1 Å². The zero-order chi connectivity index (χ0) is 12.3. The zero-order valence-electron chi connectivity index (χ0n) is 10.2. The van der Waals surface area contributed by atoms with Crippen LogP contribution in [0, 0.1) is 5.92 Å². The zero-order valence-corrected chi connectivity index (χ0v) is 10.2. The molecular weight excluding hydrogens is 216 g/mol. The van der Waals surface area contributed by atoms with E-state index in [0.29, 0.717) is 24.3 Å². The average molecular weight is 236 g/mol. The molecule has 0 spiro atoms. The van der Waals surface area contributed by atoms with Crippen LogP contribution in [0.25, 0.3) is 0 Å². The van der Waals surface area contributed by atoms with E-state index >= 15 is 0 Å². The van der Waals surface area contributed by atoms with Crippen LogP contribution < -0.4 is 16.2 Å². The lowest BCUT2D eigenvalue weighted by atomic mass is 10.0. The molecule has 1 fully saturated rings. The van der Waals surface area contributed by atoms with Crippen molar-refractivity contribution in [3.63, 3.8) is 0 Å². The molecule has 5 heteroatoms. The highest BCUT2D eigenvalue weighted by Crippen LogP contribution is 2.30. The Kier molecular flexibility index (Phi) is 3.78. The average Bonchev–Trinajstić information content (AvgIpc) is 2.81. The molecule has 1 aliphatic rings. The Hall–Kier alpha value is -1.36. The van der Waals surface area contributed by atoms with E-state index in [2.05, 4.69) is 21.8 Å². The van der Waals surface area contributed by atoms with Crippen LogP contribution in [0.15, 0.2) is 17.2 Å². The minimum atomic E-state index is -0.114. The second-order valence-corrected chi connectivity index (χ2v) is 4.52. The highest BCUT2D eigenvalue weighted by molar-refractivity contribution is 5.37. The van der Waals surface area contributed by atoms with Gasteiger partial charge < -0.3 is 15.6 Å². The minimum Gasteiger partial charge on any atom is -0.349 e. The van der Waals surface area contributed by atoms with Crippen molar-refractivity contribution in [1.29, 1.82) is 0 Å². The Bertz CT molecular complexity index is 417. The number of nitrogens with zero attached hydrogens (tertiary/aromatic N) is 2. The van der Waals surface area contributed by atoms with Crippen molar-refractivity contribution < 1.29 is 0 Å². The smallest absolute Gasteiger partial charge is 0.290 e. The number of rotatable bonds is 4. The highest BCUT2D eigenvalue weighted by Gasteiger charge is 2.32. The number of hydrogen-bond acceptors (Lipinski definition) is 4. The summed E-state index contributed by atoms with van der Waals surface area (Å²) in [6, 6.07) is 0.362. The van der Waals surface area contributed by atoms with Gasteiger partial charge >= 0.3 is 0 Å². The largest absolute Gasteiger partial charge is 0.349 e. The number of aromatic nitrogens is 2. The van der Waals surface area contributed by atoms with E-state index in [0.717, 1.165) is 19.4 Å². The van der Waals surface area contributed by atoms with Crippen LogP contribution in [0.5, 0.6) is 0 Å². The van der Waals surface area contributed by atoms with Crippen molar-refractivity contribution in [1.82, 2.24) is 9.97 Å².